The smallest absolute Gasteiger partial charge is 0.123 e. The van der Waals surface area contributed by atoms with Gasteiger partial charge in [-0.3, -0.25) is 0 Å². The van der Waals surface area contributed by atoms with Crippen LogP contribution < -0.4 is 5.32 Å². The number of rotatable bonds is 1. The third-order valence-corrected chi connectivity index (χ3v) is 2.67. The van der Waals surface area contributed by atoms with Crippen molar-refractivity contribution >= 4 is 0 Å². The third-order valence-electron chi connectivity index (χ3n) is 2.67. The maximum Gasteiger partial charge on any atom is 0.123 e. The average molecular weight is 179 g/mol. The molecule has 1 heterocycles. The molecule has 1 fully saturated rings. The van der Waals surface area contributed by atoms with E-state index in [0.717, 1.165) is 12.1 Å². The fourth-order valence-electron chi connectivity index (χ4n) is 1.98. The van der Waals surface area contributed by atoms with E-state index >= 15 is 0 Å². The molecule has 0 aromatic heterocycles. The van der Waals surface area contributed by atoms with Crippen molar-refractivity contribution in [2.24, 2.45) is 0 Å². The Labute approximate surface area is 78.0 Å². The summed E-state index contributed by atoms with van der Waals surface area (Å²) in [6, 6.07) is 5.49. The molecule has 1 N–H and O–H groups in total. The van der Waals surface area contributed by atoms with Crippen LogP contribution in [0.4, 0.5) is 4.39 Å². The first kappa shape index (κ1) is 8.70. The summed E-state index contributed by atoms with van der Waals surface area (Å²) in [5.41, 5.74) is 2.30. The third kappa shape index (κ3) is 1.73. The molecule has 0 spiro atoms. The zero-order chi connectivity index (χ0) is 9.26. The molecule has 1 aliphatic rings. The molecular formula is C11H14FN. The van der Waals surface area contributed by atoms with Crippen LogP contribution in [0.25, 0.3) is 0 Å². The zero-order valence-electron chi connectivity index (χ0n) is 7.81. The van der Waals surface area contributed by atoms with Crippen LogP contribution in [0.1, 0.15) is 30.0 Å². The molecule has 13 heavy (non-hydrogen) atoms. The first-order valence-corrected chi connectivity index (χ1v) is 4.77. The van der Waals surface area contributed by atoms with Crippen molar-refractivity contribution in [1.29, 1.82) is 0 Å². The lowest BCUT2D eigenvalue weighted by Gasteiger charge is -2.13. The molecule has 1 nitrogen and oxygen atoms in total. The van der Waals surface area contributed by atoms with E-state index in [1.807, 2.05) is 13.0 Å². The summed E-state index contributed by atoms with van der Waals surface area (Å²) < 4.78 is 12.8. The number of nitrogens with one attached hydrogen (secondary N) is 1. The van der Waals surface area contributed by atoms with E-state index in [0.29, 0.717) is 6.04 Å². The minimum absolute atomic E-state index is 0.140. The molecule has 0 amide bonds. The Morgan fingerprint density at radius 1 is 1.46 bits per heavy atom. The van der Waals surface area contributed by atoms with E-state index in [1.165, 1.54) is 18.4 Å². The van der Waals surface area contributed by atoms with Crippen LogP contribution in [-0.2, 0) is 0 Å². The average Bonchev–Trinajstić information content (AvgIpc) is 2.56. The van der Waals surface area contributed by atoms with Gasteiger partial charge in [-0.1, -0.05) is 6.07 Å². The summed E-state index contributed by atoms with van der Waals surface area (Å²) in [6.07, 6.45) is 2.40. The molecular weight excluding hydrogens is 165 g/mol. The van der Waals surface area contributed by atoms with Crippen LogP contribution in [0.2, 0.25) is 0 Å². The highest BCUT2D eigenvalue weighted by atomic mass is 19.1. The summed E-state index contributed by atoms with van der Waals surface area (Å²) in [7, 11) is 0. The van der Waals surface area contributed by atoms with Gasteiger partial charge in [-0.15, -0.1) is 0 Å². The molecule has 70 valence electrons. The molecule has 0 bridgehead atoms. The Morgan fingerprint density at radius 3 is 2.92 bits per heavy atom. The summed E-state index contributed by atoms with van der Waals surface area (Å²) >= 11 is 0. The van der Waals surface area contributed by atoms with Crippen molar-refractivity contribution in [1.82, 2.24) is 5.32 Å². The predicted molar refractivity (Wildman–Crippen MR) is 51.1 cm³/mol. The van der Waals surface area contributed by atoms with E-state index in [4.69, 9.17) is 0 Å². The molecule has 0 aliphatic carbocycles. The second kappa shape index (κ2) is 3.46. The van der Waals surface area contributed by atoms with Gasteiger partial charge in [0.15, 0.2) is 0 Å². The largest absolute Gasteiger partial charge is 0.310 e. The van der Waals surface area contributed by atoms with Gasteiger partial charge in [0.25, 0.3) is 0 Å². The van der Waals surface area contributed by atoms with E-state index in [-0.39, 0.29) is 5.82 Å². The van der Waals surface area contributed by atoms with Crippen molar-refractivity contribution in [2.75, 3.05) is 6.54 Å². The van der Waals surface area contributed by atoms with Crippen molar-refractivity contribution in [2.45, 2.75) is 25.8 Å². The second-order valence-corrected chi connectivity index (χ2v) is 3.65. The quantitative estimate of drug-likeness (QED) is 0.698. The normalized spacial score (nSPS) is 22.2. The molecule has 1 aromatic carbocycles. The fraction of sp³-hybridized carbons (Fsp3) is 0.455. The summed E-state index contributed by atoms with van der Waals surface area (Å²) in [5, 5.41) is 3.41. The van der Waals surface area contributed by atoms with E-state index in [2.05, 4.69) is 5.32 Å². The van der Waals surface area contributed by atoms with Crippen LogP contribution in [0.3, 0.4) is 0 Å². The summed E-state index contributed by atoms with van der Waals surface area (Å²) in [4.78, 5) is 0. The Hall–Kier alpha value is -0.890. The molecule has 1 aromatic rings. The Morgan fingerprint density at radius 2 is 2.31 bits per heavy atom. The van der Waals surface area contributed by atoms with Gasteiger partial charge < -0.3 is 5.32 Å². The lowest BCUT2D eigenvalue weighted by Crippen LogP contribution is -2.13. The topological polar surface area (TPSA) is 12.0 Å². The van der Waals surface area contributed by atoms with Crippen LogP contribution in [-0.4, -0.2) is 6.54 Å². The van der Waals surface area contributed by atoms with Gasteiger partial charge in [0.1, 0.15) is 5.82 Å². The number of halogens is 1. The number of hydrogen-bond donors (Lipinski definition) is 1. The Balaban J connectivity index is 2.29. The van der Waals surface area contributed by atoms with Crippen LogP contribution in [0.15, 0.2) is 18.2 Å². The molecule has 0 unspecified atom stereocenters. The molecule has 1 aliphatic heterocycles. The predicted octanol–water partition coefficient (Wildman–Crippen LogP) is 2.56. The highest BCUT2D eigenvalue weighted by Crippen LogP contribution is 2.25. The lowest BCUT2D eigenvalue weighted by atomic mass is 10.0. The van der Waals surface area contributed by atoms with Crippen molar-refractivity contribution in [3.05, 3.63) is 35.1 Å². The highest BCUT2D eigenvalue weighted by Gasteiger charge is 2.17. The Bertz CT molecular complexity index is 303. The van der Waals surface area contributed by atoms with Gasteiger partial charge in [-0.25, -0.2) is 4.39 Å². The molecule has 2 rings (SSSR count). The van der Waals surface area contributed by atoms with E-state index in [9.17, 15) is 4.39 Å². The summed E-state index contributed by atoms with van der Waals surface area (Å²) in [5.74, 6) is -0.140. The van der Waals surface area contributed by atoms with Gasteiger partial charge >= 0.3 is 0 Å². The molecule has 2 heteroatoms. The molecule has 1 saturated heterocycles. The maximum atomic E-state index is 12.8. The van der Waals surface area contributed by atoms with Gasteiger partial charge in [0, 0.05) is 6.04 Å². The lowest BCUT2D eigenvalue weighted by molar-refractivity contribution is 0.614. The SMILES string of the molecule is Cc1cc(F)ccc1[C@H]1CCCN1. The van der Waals surface area contributed by atoms with E-state index in [1.54, 1.807) is 12.1 Å². The fourth-order valence-corrected chi connectivity index (χ4v) is 1.98. The van der Waals surface area contributed by atoms with Gasteiger partial charge in [0.05, 0.1) is 0 Å². The van der Waals surface area contributed by atoms with Crippen molar-refractivity contribution < 1.29 is 4.39 Å². The first-order chi connectivity index (χ1) is 6.27. The summed E-state index contributed by atoms with van der Waals surface area (Å²) in [6.45, 7) is 3.06. The highest BCUT2D eigenvalue weighted by molar-refractivity contribution is 5.29. The van der Waals surface area contributed by atoms with Gasteiger partial charge in [-0.2, -0.15) is 0 Å². The molecule has 1 atom stereocenters. The van der Waals surface area contributed by atoms with Gasteiger partial charge in [0.2, 0.25) is 0 Å². The maximum absolute atomic E-state index is 12.8. The monoisotopic (exact) mass is 179 g/mol. The second-order valence-electron chi connectivity index (χ2n) is 3.65. The van der Waals surface area contributed by atoms with Crippen LogP contribution in [0, 0.1) is 12.7 Å². The standard InChI is InChI=1S/C11H14FN/c1-8-7-9(12)4-5-10(8)11-3-2-6-13-11/h4-5,7,11,13H,2-3,6H2,1H3/t11-/m1/s1. The number of benzene rings is 1. The van der Waals surface area contributed by atoms with E-state index < -0.39 is 0 Å². The minimum Gasteiger partial charge on any atom is -0.310 e. The van der Waals surface area contributed by atoms with Crippen LogP contribution in [0.5, 0.6) is 0 Å². The van der Waals surface area contributed by atoms with Crippen molar-refractivity contribution in [3.63, 3.8) is 0 Å². The molecule has 0 radical (unpaired) electrons. The first-order valence-electron chi connectivity index (χ1n) is 4.77. The molecule has 0 saturated carbocycles. The number of hydrogen-bond acceptors (Lipinski definition) is 1. The van der Waals surface area contributed by atoms with Crippen molar-refractivity contribution in [3.8, 4) is 0 Å². The Kier molecular flexibility index (Phi) is 2.32. The zero-order valence-corrected chi connectivity index (χ0v) is 7.81. The number of aryl methyl sites for hydroxylation is 1. The van der Waals surface area contributed by atoms with Gasteiger partial charge in [-0.05, 0) is 49.6 Å². The minimum atomic E-state index is -0.140. The van der Waals surface area contributed by atoms with Crippen LogP contribution >= 0.6 is 0 Å².